The van der Waals surface area contributed by atoms with Crippen LogP contribution in [0.2, 0.25) is 0 Å². The highest BCUT2D eigenvalue weighted by atomic mass is 19.1. The van der Waals surface area contributed by atoms with E-state index in [1.807, 2.05) is 0 Å². The fraction of sp³-hybridized carbons (Fsp3) is 0.176. The summed E-state index contributed by atoms with van der Waals surface area (Å²) in [7, 11) is 1.33. The quantitative estimate of drug-likeness (QED) is 0.504. The Bertz CT molecular complexity index is 888. The molecule has 0 saturated carbocycles. The van der Waals surface area contributed by atoms with Gasteiger partial charge in [0.25, 0.3) is 5.69 Å². The normalized spacial score (nSPS) is 10.0. The van der Waals surface area contributed by atoms with Gasteiger partial charge in [0, 0.05) is 18.7 Å². The van der Waals surface area contributed by atoms with Crippen LogP contribution in [-0.2, 0) is 9.59 Å². The molecule has 9 nitrogen and oxygen atoms in total. The number of hydrogen-bond donors (Lipinski definition) is 3. The van der Waals surface area contributed by atoms with Gasteiger partial charge in [0.15, 0.2) is 0 Å². The second kappa shape index (κ2) is 8.61. The van der Waals surface area contributed by atoms with E-state index < -0.39 is 22.6 Å². The van der Waals surface area contributed by atoms with E-state index in [2.05, 4.69) is 16.0 Å². The average Bonchev–Trinajstić information content (AvgIpc) is 2.62. The first-order valence-electron chi connectivity index (χ1n) is 7.73. The Morgan fingerprint density at radius 2 is 1.89 bits per heavy atom. The molecule has 2 aromatic carbocycles. The largest absolute Gasteiger partial charge is 0.494 e. The van der Waals surface area contributed by atoms with Crippen molar-refractivity contribution in [1.29, 1.82) is 0 Å². The lowest BCUT2D eigenvalue weighted by molar-refractivity contribution is -0.384. The lowest BCUT2D eigenvalue weighted by Gasteiger charge is -2.12. The molecule has 0 bridgehead atoms. The summed E-state index contributed by atoms with van der Waals surface area (Å²) in [5.74, 6) is -1.33. The minimum atomic E-state index is -0.601. The monoisotopic (exact) mass is 376 g/mol. The summed E-state index contributed by atoms with van der Waals surface area (Å²) >= 11 is 0. The Morgan fingerprint density at radius 3 is 2.52 bits per heavy atom. The van der Waals surface area contributed by atoms with Crippen molar-refractivity contribution in [2.75, 3.05) is 29.6 Å². The van der Waals surface area contributed by atoms with Crippen molar-refractivity contribution in [3.05, 3.63) is 52.3 Å². The number of amides is 2. The molecule has 2 aromatic rings. The van der Waals surface area contributed by atoms with Gasteiger partial charge in [-0.25, -0.2) is 4.39 Å². The summed E-state index contributed by atoms with van der Waals surface area (Å²) in [6.07, 6.45) is 0. The van der Waals surface area contributed by atoms with Crippen molar-refractivity contribution in [3.8, 4) is 5.75 Å². The Balaban J connectivity index is 2.02. The van der Waals surface area contributed by atoms with Crippen molar-refractivity contribution in [3.63, 3.8) is 0 Å². The molecule has 2 rings (SSSR count). The molecular formula is C17H17FN4O5. The Kier molecular flexibility index (Phi) is 6.26. The molecule has 0 radical (unpaired) electrons. The molecule has 0 atom stereocenters. The molecule has 142 valence electrons. The number of carbonyl (C=O) groups excluding carboxylic acids is 2. The topological polar surface area (TPSA) is 123 Å². The van der Waals surface area contributed by atoms with Crippen LogP contribution in [0.25, 0.3) is 0 Å². The molecule has 0 saturated heterocycles. The first-order chi connectivity index (χ1) is 12.8. The van der Waals surface area contributed by atoms with E-state index in [1.54, 1.807) is 0 Å². The predicted molar refractivity (Wildman–Crippen MR) is 97.5 cm³/mol. The van der Waals surface area contributed by atoms with E-state index in [1.165, 1.54) is 44.4 Å². The number of non-ortho nitro benzene ring substituents is 1. The Morgan fingerprint density at radius 1 is 1.15 bits per heavy atom. The Hall–Kier alpha value is -3.69. The van der Waals surface area contributed by atoms with Crippen molar-refractivity contribution in [2.45, 2.75) is 6.92 Å². The summed E-state index contributed by atoms with van der Waals surface area (Å²) in [6.45, 7) is 1.09. The third kappa shape index (κ3) is 5.39. The van der Waals surface area contributed by atoms with Crippen molar-refractivity contribution in [2.24, 2.45) is 0 Å². The highest BCUT2D eigenvalue weighted by molar-refractivity contribution is 5.95. The van der Waals surface area contributed by atoms with Gasteiger partial charge < -0.3 is 20.7 Å². The maximum absolute atomic E-state index is 13.6. The molecule has 27 heavy (non-hydrogen) atoms. The molecule has 0 fully saturated rings. The molecule has 0 spiro atoms. The van der Waals surface area contributed by atoms with Crippen LogP contribution in [0.5, 0.6) is 5.75 Å². The standard InChI is InChI=1S/C17H17FN4O5/c1-10(23)20-15-7-11(3-5-13(15)18)19-9-17(24)21-14-6-4-12(22(25)26)8-16(14)27-2/h3-8,19H,9H2,1-2H3,(H,20,23)(H,21,24). The molecular weight excluding hydrogens is 359 g/mol. The third-order valence-electron chi connectivity index (χ3n) is 3.40. The van der Waals surface area contributed by atoms with Gasteiger partial charge in [-0.3, -0.25) is 19.7 Å². The zero-order valence-corrected chi connectivity index (χ0v) is 14.5. The number of benzene rings is 2. The number of anilines is 3. The molecule has 0 unspecified atom stereocenters. The smallest absolute Gasteiger partial charge is 0.273 e. The first kappa shape index (κ1) is 19.6. The van der Waals surface area contributed by atoms with Crippen molar-refractivity contribution >= 4 is 34.6 Å². The maximum Gasteiger partial charge on any atom is 0.273 e. The van der Waals surface area contributed by atoms with Crippen molar-refractivity contribution in [1.82, 2.24) is 0 Å². The average molecular weight is 376 g/mol. The SMILES string of the molecule is COc1cc([N+](=O)[O-])ccc1NC(=O)CNc1ccc(F)c(NC(C)=O)c1. The minimum Gasteiger partial charge on any atom is -0.494 e. The lowest BCUT2D eigenvalue weighted by atomic mass is 10.2. The zero-order chi connectivity index (χ0) is 20.0. The van der Waals surface area contributed by atoms with Gasteiger partial charge in [-0.15, -0.1) is 0 Å². The van der Waals surface area contributed by atoms with E-state index in [0.29, 0.717) is 5.69 Å². The number of ether oxygens (including phenoxy) is 1. The second-order valence-electron chi connectivity index (χ2n) is 5.42. The van der Waals surface area contributed by atoms with E-state index in [0.717, 1.165) is 6.07 Å². The van der Waals surface area contributed by atoms with Crippen LogP contribution in [-0.4, -0.2) is 30.4 Å². The van der Waals surface area contributed by atoms with Crippen LogP contribution in [0.3, 0.4) is 0 Å². The highest BCUT2D eigenvalue weighted by Gasteiger charge is 2.13. The predicted octanol–water partition coefficient (Wildman–Crippen LogP) is 2.75. The first-order valence-corrected chi connectivity index (χ1v) is 7.73. The number of nitro groups is 1. The lowest BCUT2D eigenvalue weighted by Crippen LogP contribution is -2.22. The van der Waals surface area contributed by atoms with E-state index in [4.69, 9.17) is 4.74 Å². The molecule has 10 heteroatoms. The van der Waals surface area contributed by atoms with Crippen LogP contribution >= 0.6 is 0 Å². The van der Waals surface area contributed by atoms with Gasteiger partial charge in [-0.2, -0.15) is 0 Å². The summed E-state index contributed by atoms with van der Waals surface area (Å²) in [5.41, 5.74) is 0.517. The van der Waals surface area contributed by atoms with Gasteiger partial charge in [-0.05, 0) is 24.3 Å². The Labute approximate surface area is 153 Å². The number of carbonyl (C=O) groups is 2. The van der Waals surface area contributed by atoms with Crippen LogP contribution in [0, 0.1) is 15.9 Å². The summed E-state index contributed by atoms with van der Waals surface area (Å²) in [6, 6.07) is 7.73. The number of rotatable bonds is 7. The zero-order valence-electron chi connectivity index (χ0n) is 14.5. The molecule has 3 N–H and O–H groups in total. The van der Waals surface area contributed by atoms with E-state index in [9.17, 15) is 24.1 Å². The second-order valence-corrected chi connectivity index (χ2v) is 5.42. The van der Waals surface area contributed by atoms with E-state index >= 15 is 0 Å². The van der Waals surface area contributed by atoms with Crippen LogP contribution in [0.1, 0.15) is 6.92 Å². The number of hydrogen-bond acceptors (Lipinski definition) is 6. The number of nitro benzene ring substituents is 1. The number of nitrogens with zero attached hydrogens (tertiary/aromatic N) is 1. The number of halogens is 1. The van der Waals surface area contributed by atoms with E-state index in [-0.39, 0.29) is 29.4 Å². The minimum absolute atomic E-state index is 0.00931. The molecule has 2 amide bonds. The van der Waals surface area contributed by atoms with Crippen LogP contribution < -0.4 is 20.7 Å². The van der Waals surface area contributed by atoms with Gasteiger partial charge in [0.1, 0.15) is 11.6 Å². The third-order valence-corrected chi connectivity index (χ3v) is 3.40. The number of methoxy groups -OCH3 is 1. The van der Waals surface area contributed by atoms with Gasteiger partial charge in [0.2, 0.25) is 11.8 Å². The fourth-order valence-corrected chi connectivity index (χ4v) is 2.19. The summed E-state index contributed by atoms with van der Waals surface area (Å²) in [4.78, 5) is 33.4. The summed E-state index contributed by atoms with van der Waals surface area (Å²) in [5, 5.41) is 18.5. The molecule has 0 aliphatic rings. The van der Waals surface area contributed by atoms with Gasteiger partial charge in [0.05, 0.1) is 36.0 Å². The molecule has 0 aliphatic carbocycles. The van der Waals surface area contributed by atoms with Gasteiger partial charge >= 0.3 is 0 Å². The summed E-state index contributed by atoms with van der Waals surface area (Å²) < 4.78 is 18.6. The van der Waals surface area contributed by atoms with Gasteiger partial charge in [-0.1, -0.05) is 0 Å². The maximum atomic E-state index is 13.6. The fourth-order valence-electron chi connectivity index (χ4n) is 2.19. The van der Waals surface area contributed by atoms with Crippen molar-refractivity contribution < 1.29 is 23.6 Å². The molecule has 0 aliphatic heterocycles. The van der Waals surface area contributed by atoms with Crippen LogP contribution in [0.4, 0.5) is 27.1 Å². The molecule has 0 aromatic heterocycles. The highest BCUT2D eigenvalue weighted by Crippen LogP contribution is 2.29. The van der Waals surface area contributed by atoms with Crippen LogP contribution in [0.15, 0.2) is 36.4 Å². The number of nitrogens with one attached hydrogen (secondary N) is 3. The molecule has 0 heterocycles.